The molecule has 3 N–H and O–H groups in total. The first-order valence-corrected chi connectivity index (χ1v) is 34.3. The number of unbranched alkanes of at least 4 members (excludes halogenated alkanes) is 35. The molecule has 1 rings (SSSR count). The summed E-state index contributed by atoms with van der Waals surface area (Å²) in [6.45, 7) is 5.93. The number of ether oxygens (including phenoxy) is 5. The van der Waals surface area contributed by atoms with Crippen LogP contribution < -0.4 is 0 Å². The molecule has 12 nitrogen and oxygen atoms in total. The van der Waals surface area contributed by atoms with Crippen LogP contribution in [0.1, 0.15) is 316 Å². The number of aliphatic hydroxyl groups is 2. The van der Waals surface area contributed by atoms with Crippen LogP contribution in [0, 0.1) is 0 Å². The molecule has 0 bridgehead atoms. The van der Waals surface area contributed by atoms with Gasteiger partial charge < -0.3 is 39.0 Å². The van der Waals surface area contributed by atoms with Gasteiger partial charge in [0.2, 0.25) is 0 Å². The highest BCUT2D eigenvalue weighted by molar-refractivity contribution is 5.74. The SMILES string of the molecule is CC/C=C\C/C=C\C/C=C\C/C=C\C/C=C\CCCCCC(=O)OC1C(OCC(COC(=O)CCCCCCCCCCCCCCCCCCC)OC(=O)CCCCCCCCCCCCCCCCCCC)OC(C(=O)O)C(O)C1O. The largest absolute Gasteiger partial charge is 0.479 e. The highest BCUT2D eigenvalue weighted by atomic mass is 16.7. The summed E-state index contributed by atoms with van der Waals surface area (Å²) in [7, 11) is 0. The molecule has 0 saturated carbocycles. The molecule has 0 aliphatic carbocycles. The Morgan fingerprint density at radius 2 is 0.759 bits per heavy atom. The average Bonchev–Trinajstić information content (AvgIpc) is 3.55. The molecule has 1 aliphatic rings. The van der Waals surface area contributed by atoms with E-state index in [1.165, 1.54) is 167 Å². The molecule has 0 radical (unpaired) electrons. The minimum absolute atomic E-state index is 0.0229. The molecule has 12 heteroatoms. The molecule has 0 aromatic carbocycles. The van der Waals surface area contributed by atoms with E-state index in [1.54, 1.807) is 0 Å². The summed E-state index contributed by atoms with van der Waals surface area (Å²) >= 11 is 0. The molecule has 1 saturated heterocycles. The number of hydrogen-bond acceptors (Lipinski definition) is 11. The summed E-state index contributed by atoms with van der Waals surface area (Å²) < 4.78 is 28.6. The Kier molecular flexibility index (Phi) is 54.8. The van der Waals surface area contributed by atoms with Crippen LogP contribution >= 0.6 is 0 Å². The molecule has 0 aromatic rings. The van der Waals surface area contributed by atoms with Crippen LogP contribution in [-0.4, -0.2) is 89.2 Å². The topological polar surface area (TPSA) is 175 Å². The van der Waals surface area contributed by atoms with Crippen LogP contribution in [0.2, 0.25) is 0 Å². The van der Waals surface area contributed by atoms with Crippen molar-refractivity contribution in [2.24, 2.45) is 0 Å². The predicted molar refractivity (Wildman–Crippen MR) is 340 cm³/mol. The van der Waals surface area contributed by atoms with Crippen molar-refractivity contribution >= 4 is 23.9 Å². The molecule has 1 fully saturated rings. The number of esters is 3. The summed E-state index contributed by atoms with van der Waals surface area (Å²) in [5.74, 6) is -3.13. The van der Waals surface area contributed by atoms with E-state index in [2.05, 4.69) is 81.5 Å². The van der Waals surface area contributed by atoms with Gasteiger partial charge >= 0.3 is 23.9 Å². The molecule has 83 heavy (non-hydrogen) atoms. The van der Waals surface area contributed by atoms with E-state index in [0.717, 1.165) is 89.9 Å². The highest BCUT2D eigenvalue weighted by Crippen LogP contribution is 2.27. The maximum Gasteiger partial charge on any atom is 0.335 e. The van der Waals surface area contributed by atoms with Gasteiger partial charge in [0.15, 0.2) is 24.6 Å². The third-order valence-electron chi connectivity index (χ3n) is 15.6. The number of rotatable bonds is 59. The van der Waals surface area contributed by atoms with Gasteiger partial charge in [0, 0.05) is 19.3 Å². The van der Waals surface area contributed by atoms with Crippen LogP contribution in [-0.2, 0) is 42.9 Å². The van der Waals surface area contributed by atoms with Gasteiger partial charge in [-0.1, -0.05) is 293 Å². The molecule has 6 unspecified atom stereocenters. The second-order valence-corrected chi connectivity index (χ2v) is 23.4. The summed E-state index contributed by atoms with van der Waals surface area (Å²) in [5.41, 5.74) is 0. The van der Waals surface area contributed by atoms with E-state index >= 15 is 0 Å². The lowest BCUT2D eigenvalue weighted by molar-refractivity contribution is -0.301. The van der Waals surface area contributed by atoms with E-state index in [4.69, 9.17) is 23.7 Å². The van der Waals surface area contributed by atoms with E-state index in [0.29, 0.717) is 19.3 Å². The highest BCUT2D eigenvalue weighted by Gasteiger charge is 2.50. The molecule has 1 heterocycles. The molecule has 0 aromatic heterocycles. The second-order valence-electron chi connectivity index (χ2n) is 23.4. The van der Waals surface area contributed by atoms with Gasteiger partial charge in [-0.05, 0) is 64.2 Å². The van der Waals surface area contributed by atoms with Gasteiger partial charge in [0.25, 0.3) is 0 Å². The van der Waals surface area contributed by atoms with E-state index in [9.17, 15) is 34.5 Å². The quantitative estimate of drug-likeness (QED) is 0.0228. The van der Waals surface area contributed by atoms with Crippen molar-refractivity contribution in [1.29, 1.82) is 0 Å². The van der Waals surface area contributed by atoms with Crippen LogP contribution in [0.3, 0.4) is 0 Å². The number of carbonyl (C=O) groups is 4. The summed E-state index contributed by atoms with van der Waals surface area (Å²) in [6, 6.07) is 0. The Balaban J connectivity index is 2.65. The fourth-order valence-electron chi connectivity index (χ4n) is 10.4. The Morgan fingerprint density at radius 1 is 0.410 bits per heavy atom. The average molecular weight is 1170 g/mol. The van der Waals surface area contributed by atoms with Crippen molar-refractivity contribution < 1.29 is 58.2 Å². The van der Waals surface area contributed by atoms with Gasteiger partial charge in [-0.25, -0.2) is 4.79 Å². The van der Waals surface area contributed by atoms with Crippen LogP contribution in [0.4, 0.5) is 0 Å². The Morgan fingerprint density at radius 3 is 1.16 bits per heavy atom. The van der Waals surface area contributed by atoms with Crippen molar-refractivity contribution in [3.8, 4) is 0 Å². The van der Waals surface area contributed by atoms with E-state index in [1.807, 2.05) is 0 Å². The van der Waals surface area contributed by atoms with Crippen molar-refractivity contribution in [2.45, 2.75) is 353 Å². The van der Waals surface area contributed by atoms with Crippen molar-refractivity contribution in [2.75, 3.05) is 13.2 Å². The third kappa shape index (κ3) is 48.3. The van der Waals surface area contributed by atoms with Gasteiger partial charge in [-0.3, -0.25) is 14.4 Å². The standard InChI is InChI=1S/C71H124O12/c1-4-7-10-13-16-19-22-25-28-31-32-35-38-41-44-47-50-53-56-59-65(74)82-69-67(76)66(75)68(70(77)78)83-71(69)80-61-62(81-64(73)58-55-52-49-46-43-40-37-34-30-27-24-21-18-15-12-9-6-3)60-79-63(72)57-54-51-48-45-42-39-36-33-29-26-23-20-17-14-11-8-5-2/h7,10,16,19,25,28,32,35,41,44,62,66-69,71,75-76H,4-6,8-9,11-15,17-18,20-24,26-27,29-31,33-34,36-40,42-43,45-61H2,1-3H3,(H,77,78)/b10-7-,19-16-,28-25-,35-32-,44-41-. The maximum absolute atomic E-state index is 13.2. The number of aliphatic hydroxyl groups excluding tert-OH is 2. The van der Waals surface area contributed by atoms with Gasteiger partial charge in [0.1, 0.15) is 18.8 Å². The molecular formula is C71H124O12. The maximum atomic E-state index is 13.2. The van der Waals surface area contributed by atoms with Crippen molar-refractivity contribution in [1.82, 2.24) is 0 Å². The molecule has 1 aliphatic heterocycles. The lowest BCUT2D eigenvalue weighted by Crippen LogP contribution is -2.61. The summed E-state index contributed by atoms with van der Waals surface area (Å²) in [6.07, 6.45) is 61.7. The second kappa shape index (κ2) is 58.8. The number of hydrogen-bond donors (Lipinski definition) is 3. The lowest BCUT2D eigenvalue weighted by atomic mass is 9.98. The van der Waals surface area contributed by atoms with Crippen molar-refractivity contribution in [3.05, 3.63) is 60.8 Å². The Labute approximate surface area is 506 Å². The third-order valence-corrected chi connectivity index (χ3v) is 15.6. The zero-order chi connectivity index (χ0) is 60.3. The predicted octanol–water partition coefficient (Wildman–Crippen LogP) is 18.7. The normalized spacial score (nSPS) is 17.9. The first kappa shape index (κ1) is 77.4. The summed E-state index contributed by atoms with van der Waals surface area (Å²) in [5, 5.41) is 31.6. The monoisotopic (exact) mass is 1170 g/mol. The van der Waals surface area contributed by atoms with E-state index < -0.39 is 67.3 Å². The first-order chi connectivity index (χ1) is 40.6. The zero-order valence-electron chi connectivity index (χ0n) is 53.2. The van der Waals surface area contributed by atoms with Crippen LogP contribution in [0.15, 0.2) is 60.8 Å². The fourth-order valence-corrected chi connectivity index (χ4v) is 10.4. The number of aliphatic carboxylic acids is 1. The Hall–Kier alpha value is -3.58. The van der Waals surface area contributed by atoms with E-state index in [-0.39, 0.29) is 25.9 Å². The zero-order valence-corrected chi connectivity index (χ0v) is 53.2. The smallest absolute Gasteiger partial charge is 0.335 e. The van der Waals surface area contributed by atoms with Crippen LogP contribution in [0.5, 0.6) is 0 Å². The van der Waals surface area contributed by atoms with Crippen molar-refractivity contribution in [3.63, 3.8) is 0 Å². The Bertz CT molecular complexity index is 1670. The van der Waals surface area contributed by atoms with Gasteiger partial charge in [-0.15, -0.1) is 0 Å². The fraction of sp³-hybridized carbons (Fsp3) is 0.803. The molecule has 480 valence electrons. The number of allylic oxidation sites excluding steroid dienone is 10. The summed E-state index contributed by atoms with van der Waals surface area (Å²) in [4.78, 5) is 51.4. The van der Waals surface area contributed by atoms with Gasteiger partial charge in [0.05, 0.1) is 6.61 Å². The number of carbonyl (C=O) groups excluding carboxylic acids is 3. The molecule has 0 amide bonds. The minimum atomic E-state index is -1.91. The minimum Gasteiger partial charge on any atom is -0.479 e. The number of carboxylic acids is 1. The molecule has 6 atom stereocenters. The van der Waals surface area contributed by atoms with Gasteiger partial charge in [-0.2, -0.15) is 0 Å². The molecule has 0 spiro atoms. The molecular weight excluding hydrogens is 1040 g/mol. The lowest BCUT2D eigenvalue weighted by Gasteiger charge is -2.40. The first-order valence-electron chi connectivity index (χ1n) is 34.3. The van der Waals surface area contributed by atoms with Crippen LogP contribution in [0.25, 0.3) is 0 Å². The number of carboxylic acid groups (broad SMARTS) is 1.